The zero-order valence-electron chi connectivity index (χ0n) is 12.4. The second kappa shape index (κ2) is 7.13. The lowest BCUT2D eigenvalue weighted by atomic mass is 10.1. The molecule has 0 aliphatic rings. The number of para-hydroxylation sites is 1. The van der Waals surface area contributed by atoms with Gasteiger partial charge in [-0.3, -0.25) is 0 Å². The number of fused-ring (bicyclic) bond motifs is 1. The molecule has 21 heavy (non-hydrogen) atoms. The van der Waals surface area contributed by atoms with Crippen molar-refractivity contribution >= 4 is 17.0 Å². The van der Waals surface area contributed by atoms with Gasteiger partial charge >= 0.3 is 6.03 Å². The molecule has 0 saturated heterocycles. The summed E-state index contributed by atoms with van der Waals surface area (Å²) in [6.07, 6.45) is 1.34. The second-order valence-corrected chi connectivity index (χ2v) is 5.14. The van der Waals surface area contributed by atoms with Gasteiger partial charge in [-0.15, -0.1) is 0 Å². The van der Waals surface area contributed by atoms with Gasteiger partial charge < -0.3 is 20.2 Å². The first-order valence-electron chi connectivity index (χ1n) is 7.30. The summed E-state index contributed by atoms with van der Waals surface area (Å²) in [5.41, 5.74) is 0.813. The zero-order chi connectivity index (χ0) is 15.2. The Hall–Kier alpha value is -2.01. The van der Waals surface area contributed by atoms with Crippen molar-refractivity contribution in [2.45, 2.75) is 38.8 Å². The molecule has 1 heterocycles. The zero-order valence-corrected chi connectivity index (χ0v) is 12.4. The minimum atomic E-state index is -0.247. The van der Waals surface area contributed by atoms with E-state index >= 15 is 0 Å². The summed E-state index contributed by atoms with van der Waals surface area (Å²) >= 11 is 0. The van der Waals surface area contributed by atoms with Gasteiger partial charge in [0.2, 0.25) is 0 Å². The molecule has 2 atom stereocenters. The van der Waals surface area contributed by atoms with Crippen LogP contribution in [0.5, 0.6) is 0 Å². The number of aliphatic hydroxyl groups excluding tert-OH is 1. The number of hydrogen-bond acceptors (Lipinski definition) is 3. The molecule has 114 valence electrons. The Kier molecular flexibility index (Phi) is 5.22. The van der Waals surface area contributed by atoms with Crippen LogP contribution in [-0.4, -0.2) is 23.8 Å². The van der Waals surface area contributed by atoms with Crippen LogP contribution in [0, 0.1) is 0 Å². The van der Waals surface area contributed by atoms with Gasteiger partial charge in [0.05, 0.1) is 6.04 Å². The third kappa shape index (κ3) is 3.98. The van der Waals surface area contributed by atoms with Crippen molar-refractivity contribution in [2.24, 2.45) is 0 Å². The fourth-order valence-corrected chi connectivity index (χ4v) is 2.24. The largest absolute Gasteiger partial charge is 0.459 e. The first-order chi connectivity index (χ1) is 10.1. The summed E-state index contributed by atoms with van der Waals surface area (Å²) in [7, 11) is 0. The number of carbonyl (C=O) groups excluding carboxylic acids is 1. The Bertz CT molecular complexity index is 561. The van der Waals surface area contributed by atoms with Crippen LogP contribution in [0.15, 0.2) is 34.7 Å². The van der Waals surface area contributed by atoms with Gasteiger partial charge in [-0.05, 0) is 31.9 Å². The maximum absolute atomic E-state index is 11.9. The first-order valence-corrected chi connectivity index (χ1v) is 7.30. The van der Waals surface area contributed by atoms with Gasteiger partial charge in [0.1, 0.15) is 11.3 Å². The van der Waals surface area contributed by atoms with Crippen molar-refractivity contribution in [3.05, 3.63) is 36.1 Å². The van der Waals surface area contributed by atoms with Gasteiger partial charge in [0, 0.05) is 18.0 Å². The van der Waals surface area contributed by atoms with Crippen molar-refractivity contribution in [1.82, 2.24) is 10.6 Å². The van der Waals surface area contributed by atoms with Gasteiger partial charge in [-0.25, -0.2) is 4.79 Å². The fraction of sp³-hybridized carbons (Fsp3) is 0.438. The quantitative estimate of drug-likeness (QED) is 0.765. The van der Waals surface area contributed by atoms with E-state index < -0.39 is 0 Å². The summed E-state index contributed by atoms with van der Waals surface area (Å²) in [5.74, 6) is 0.724. The van der Waals surface area contributed by atoms with Crippen LogP contribution in [0.4, 0.5) is 4.79 Å². The summed E-state index contributed by atoms with van der Waals surface area (Å²) in [6, 6.07) is 9.20. The van der Waals surface area contributed by atoms with Crippen LogP contribution >= 0.6 is 0 Å². The lowest BCUT2D eigenvalue weighted by molar-refractivity contribution is 0.224. The molecule has 2 rings (SSSR count). The molecule has 0 saturated carbocycles. The third-order valence-corrected chi connectivity index (χ3v) is 3.52. The lowest BCUT2D eigenvalue weighted by Gasteiger charge is -2.18. The number of aliphatic hydroxyl groups is 1. The number of nitrogens with one attached hydrogen (secondary N) is 2. The highest BCUT2D eigenvalue weighted by Gasteiger charge is 2.16. The molecular formula is C16H22N2O3. The monoisotopic (exact) mass is 290 g/mol. The predicted octanol–water partition coefficient (Wildman–Crippen LogP) is 2.95. The van der Waals surface area contributed by atoms with Crippen LogP contribution in [0.3, 0.4) is 0 Å². The van der Waals surface area contributed by atoms with Crippen molar-refractivity contribution in [1.29, 1.82) is 0 Å². The molecule has 1 aromatic heterocycles. The number of urea groups is 1. The van der Waals surface area contributed by atoms with E-state index in [1.807, 2.05) is 44.2 Å². The molecule has 3 N–H and O–H groups in total. The van der Waals surface area contributed by atoms with Gasteiger partial charge in [0.25, 0.3) is 0 Å². The lowest BCUT2D eigenvalue weighted by Crippen LogP contribution is -2.43. The van der Waals surface area contributed by atoms with Crippen LogP contribution < -0.4 is 10.6 Å². The van der Waals surface area contributed by atoms with Crippen LogP contribution in [0.25, 0.3) is 11.0 Å². The number of rotatable bonds is 6. The number of amides is 2. The van der Waals surface area contributed by atoms with Crippen molar-refractivity contribution in [3.8, 4) is 0 Å². The van der Waals surface area contributed by atoms with Crippen LogP contribution in [0.1, 0.15) is 38.5 Å². The maximum atomic E-state index is 11.9. The predicted molar refractivity (Wildman–Crippen MR) is 82.1 cm³/mol. The minimum absolute atomic E-state index is 0.0159. The third-order valence-electron chi connectivity index (χ3n) is 3.52. The average molecular weight is 290 g/mol. The summed E-state index contributed by atoms with van der Waals surface area (Å²) in [6.45, 7) is 3.92. The Morgan fingerprint density at radius 1 is 1.33 bits per heavy atom. The van der Waals surface area contributed by atoms with E-state index in [1.54, 1.807) is 0 Å². The highest BCUT2D eigenvalue weighted by Crippen LogP contribution is 2.23. The van der Waals surface area contributed by atoms with E-state index in [0.29, 0.717) is 6.42 Å². The number of furan rings is 1. The number of benzene rings is 1. The Morgan fingerprint density at radius 3 is 2.76 bits per heavy atom. The smallest absolute Gasteiger partial charge is 0.315 e. The Morgan fingerprint density at radius 2 is 2.10 bits per heavy atom. The summed E-state index contributed by atoms with van der Waals surface area (Å²) in [4.78, 5) is 11.9. The molecule has 2 amide bonds. The summed E-state index contributed by atoms with van der Waals surface area (Å²) < 4.78 is 5.73. The van der Waals surface area contributed by atoms with Crippen molar-refractivity contribution in [2.75, 3.05) is 6.61 Å². The molecular weight excluding hydrogens is 268 g/mol. The second-order valence-electron chi connectivity index (χ2n) is 5.14. The molecule has 5 nitrogen and oxygen atoms in total. The molecule has 0 bridgehead atoms. The van der Waals surface area contributed by atoms with Gasteiger partial charge in [-0.1, -0.05) is 25.1 Å². The molecule has 0 aliphatic heterocycles. The Labute approximate surface area is 124 Å². The Balaban J connectivity index is 1.96. The minimum Gasteiger partial charge on any atom is -0.459 e. The maximum Gasteiger partial charge on any atom is 0.315 e. The molecule has 0 spiro atoms. The summed E-state index contributed by atoms with van der Waals surface area (Å²) in [5, 5.41) is 15.7. The van der Waals surface area contributed by atoms with Crippen molar-refractivity contribution < 1.29 is 14.3 Å². The molecule has 2 aromatic rings. The average Bonchev–Trinajstić information content (AvgIpc) is 2.90. The molecule has 5 heteroatoms. The molecule has 0 aliphatic carbocycles. The molecule has 0 fully saturated rings. The fourth-order valence-electron chi connectivity index (χ4n) is 2.24. The van der Waals surface area contributed by atoms with E-state index in [-0.39, 0.29) is 24.7 Å². The van der Waals surface area contributed by atoms with Crippen molar-refractivity contribution in [3.63, 3.8) is 0 Å². The standard InChI is InChI=1S/C16H22N2O3/c1-3-13(8-9-19)18-16(20)17-11(2)15-10-12-6-4-5-7-14(12)21-15/h4-7,10-11,13,19H,3,8-9H2,1-2H3,(H2,17,18,20). The van der Waals surface area contributed by atoms with Crippen LogP contribution in [0.2, 0.25) is 0 Å². The van der Waals surface area contributed by atoms with E-state index in [1.165, 1.54) is 0 Å². The van der Waals surface area contributed by atoms with E-state index in [2.05, 4.69) is 10.6 Å². The first kappa shape index (κ1) is 15.4. The molecule has 1 aromatic carbocycles. The van der Waals surface area contributed by atoms with Crippen LogP contribution in [-0.2, 0) is 0 Å². The topological polar surface area (TPSA) is 74.5 Å². The molecule has 0 radical (unpaired) electrons. The number of carbonyl (C=O) groups is 1. The van der Waals surface area contributed by atoms with Gasteiger partial charge in [0.15, 0.2) is 0 Å². The SMILES string of the molecule is CCC(CCO)NC(=O)NC(C)c1cc2ccccc2o1. The molecule has 2 unspecified atom stereocenters. The van der Waals surface area contributed by atoms with E-state index in [0.717, 1.165) is 23.2 Å². The number of hydrogen-bond donors (Lipinski definition) is 3. The van der Waals surface area contributed by atoms with Gasteiger partial charge in [-0.2, -0.15) is 0 Å². The normalized spacial score (nSPS) is 13.9. The van der Waals surface area contributed by atoms with E-state index in [4.69, 9.17) is 9.52 Å². The highest BCUT2D eigenvalue weighted by atomic mass is 16.3. The van der Waals surface area contributed by atoms with E-state index in [9.17, 15) is 4.79 Å². The highest BCUT2D eigenvalue weighted by molar-refractivity contribution is 5.78.